The molecule has 92 valence electrons. The molecule has 2 rings (SSSR count). The van der Waals surface area contributed by atoms with E-state index in [1.165, 1.54) is 51.4 Å². The van der Waals surface area contributed by atoms with Gasteiger partial charge in [-0.05, 0) is 38.0 Å². The third-order valence-corrected chi connectivity index (χ3v) is 5.15. The summed E-state index contributed by atoms with van der Waals surface area (Å²) in [5.74, 6) is 1.90. The summed E-state index contributed by atoms with van der Waals surface area (Å²) in [7, 11) is 0. The van der Waals surface area contributed by atoms with E-state index in [0.717, 1.165) is 12.3 Å². The lowest BCUT2D eigenvalue weighted by atomic mass is 9.69. The summed E-state index contributed by atoms with van der Waals surface area (Å²) in [4.78, 5) is 12.7. The van der Waals surface area contributed by atoms with E-state index < -0.39 is 0 Å². The minimum atomic E-state index is 0.102. The van der Waals surface area contributed by atoms with Gasteiger partial charge in [0.25, 0.3) is 0 Å². The molecule has 0 amide bonds. The highest BCUT2D eigenvalue weighted by Gasteiger charge is 2.42. The molecule has 0 aromatic carbocycles. The molecule has 2 saturated carbocycles. The van der Waals surface area contributed by atoms with E-state index in [0.29, 0.717) is 11.7 Å². The number of rotatable bonds is 3. The number of ketones is 1. The quantitative estimate of drug-likeness (QED) is 0.693. The van der Waals surface area contributed by atoms with E-state index in [-0.39, 0.29) is 5.41 Å². The van der Waals surface area contributed by atoms with Crippen LogP contribution in [0.25, 0.3) is 0 Å². The van der Waals surface area contributed by atoms with Crippen LogP contribution >= 0.6 is 0 Å². The van der Waals surface area contributed by atoms with Crippen molar-refractivity contribution in [3.05, 3.63) is 0 Å². The molecule has 1 nitrogen and oxygen atoms in total. The Hall–Kier alpha value is -0.330. The second kappa shape index (κ2) is 4.89. The minimum absolute atomic E-state index is 0.102. The van der Waals surface area contributed by atoms with Crippen LogP contribution < -0.4 is 0 Å². The maximum atomic E-state index is 12.7. The van der Waals surface area contributed by atoms with Gasteiger partial charge in [-0.25, -0.2) is 0 Å². The largest absolute Gasteiger partial charge is 0.299 e. The van der Waals surface area contributed by atoms with Gasteiger partial charge in [0.1, 0.15) is 5.78 Å². The highest BCUT2D eigenvalue weighted by atomic mass is 16.1. The second-order valence-electron chi connectivity index (χ2n) is 6.16. The van der Waals surface area contributed by atoms with Crippen molar-refractivity contribution in [3.8, 4) is 0 Å². The SMILES string of the molecule is CCC1(C(=O)C2CCC(C)CC2)CCCC1. The Bertz CT molecular complexity index is 242. The molecule has 1 heteroatoms. The maximum Gasteiger partial charge on any atom is 0.142 e. The van der Waals surface area contributed by atoms with Crippen molar-refractivity contribution < 1.29 is 4.79 Å². The van der Waals surface area contributed by atoms with Crippen LogP contribution in [0.5, 0.6) is 0 Å². The van der Waals surface area contributed by atoms with Crippen LogP contribution in [0.4, 0.5) is 0 Å². The first-order valence-electron chi connectivity index (χ1n) is 7.22. The number of hydrogen-bond acceptors (Lipinski definition) is 1. The van der Waals surface area contributed by atoms with Gasteiger partial charge in [-0.1, -0.05) is 39.5 Å². The highest BCUT2D eigenvalue weighted by molar-refractivity contribution is 5.87. The first-order valence-corrected chi connectivity index (χ1v) is 7.22. The number of Topliss-reactive ketones (excluding diaryl/α,β-unsaturated/α-hetero) is 1. The molecule has 0 aromatic heterocycles. The van der Waals surface area contributed by atoms with Crippen molar-refractivity contribution in [3.63, 3.8) is 0 Å². The van der Waals surface area contributed by atoms with Crippen LogP contribution in [0.15, 0.2) is 0 Å². The fourth-order valence-corrected chi connectivity index (χ4v) is 3.78. The van der Waals surface area contributed by atoms with Crippen molar-refractivity contribution in [1.29, 1.82) is 0 Å². The summed E-state index contributed by atoms with van der Waals surface area (Å²) in [5.41, 5.74) is 0.102. The summed E-state index contributed by atoms with van der Waals surface area (Å²) in [6, 6.07) is 0. The fraction of sp³-hybridized carbons (Fsp3) is 0.933. The molecule has 0 saturated heterocycles. The van der Waals surface area contributed by atoms with Crippen molar-refractivity contribution in [2.45, 2.75) is 71.6 Å². The summed E-state index contributed by atoms with van der Waals surface area (Å²) in [6.45, 7) is 4.54. The van der Waals surface area contributed by atoms with Crippen molar-refractivity contribution in [2.75, 3.05) is 0 Å². The van der Waals surface area contributed by atoms with Crippen LogP contribution in [0, 0.1) is 17.3 Å². The maximum absolute atomic E-state index is 12.7. The molecule has 0 spiro atoms. The molecule has 0 aromatic rings. The number of hydrogen-bond donors (Lipinski definition) is 0. The highest BCUT2D eigenvalue weighted by Crippen LogP contribution is 2.45. The molecular weight excluding hydrogens is 196 g/mol. The van der Waals surface area contributed by atoms with Crippen LogP contribution in [0.2, 0.25) is 0 Å². The summed E-state index contributed by atoms with van der Waals surface area (Å²) in [5, 5.41) is 0. The van der Waals surface area contributed by atoms with Crippen LogP contribution in [0.3, 0.4) is 0 Å². The predicted octanol–water partition coefficient (Wildman–Crippen LogP) is 4.35. The van der Waals surface area contributed by atoms with E-state index in [1.54, 1.807) is 0 Å². The van der Waals surface area contributed by atoms with Gasteiger partial charge in [0.05, 0.1) is 0 Å². The molecule has 0 radical (unpaired) electrons. The summed E-state index contributed by atoms with van der Waals surface area (Å²) in [6.07, 6.45) is 10.9. The molecule has 0 atom stereocenters. The molecular formula is C15H26O. The van der Waals surface area contributed by atoms with Crippen LogP contribution in [0.1, 0.15) is 71.6 Å². The molecule has 2 aliphatic rings. The van der Waals surface area contributed by atoms with Gasteiger partial charge in [-0.2, -0.15) is 0 Å². The average molecular weight is 222 g/mol. The minimum Gasteiger partial charge on any atom is -0.299 e. The van der Waals surface area contributed by atoms with Gasteiger partial charge in [0, 0.05) is 11.3 Å². The molecule has 16 heavy (non-hydrogen) atoms. The van der Waals surface area contributed by atoms with E-state index in [2.05, 4.69) is 13.8 Å². The molecule has 0 heterocycles. The Morgan fingerprint density at radius 1 is 1.12 bits per heavy atom. The standard InChI is InChI=1S/C15H26O/c1-3-15(10-4-5-11-15)14(16)13-8-6-12(2)7-9-13/h12-13H,3-11H2,1-2H3. The molecule has 0 bridgehead atoms. The van der Waals surface area contributed by atoms with Crippen LogP contribution in [-0.2, 0) is 4.79 Å². The zero-order chi connectivity index (χ0) is 11.6. The molecule has 2 fully saturated rings. The molecule has 0 N–H and O–H groups in total. The van der Waals surface area contributed by atoms with E-state index in [1.807, 2.05) is 0 Å². The first-order chi connectivity index (χ1) is 7.68. The molecule has 2 aliphatic carbocycles. The Morgan fingerprint density at radius 3 is 2.19 bits per heavy atom. The first kappa shape index (κ1) is 12.1. The Balaban J connectivity index is 2.00. The van der Waals surface area contributed by atoms with E-state index in [4.69, 9.17) is 0 Å². The summed E-state index contributed by atoms with van der Waals surface area (Å²) >= 11 is 0. The zero-order valence-electron chi connectivity index (χ0n) is 10.9. The predicted molar refractivity (Wildman–Crippen MR) is 67.3 cm³/mol. The van der Waals surface area contributed by atoms with Gasteiger partial charge < -0.3 is 0 Å². The van der Waals surface area contributed by atoms with Gasteiger partial charge in [-0.3, -0.25) is 4.79 Å². The van der Waals surface area contributed by atoms with Gasteiger partial charge in [0.15, 0.2) is 0 Å². The van der Waals surface area contributed by atoms with Crippen LogP contribution in [-0.4, -0.2) is 5.78 Å². The van der Waals surface area contributed by atoms with Crippen molar-refractivity contribution in [2.24, 2.45) is 17.3 Å². The lowest BCUT2D eigenvalue weighted by Crippen LogP contribution is -2.35. The second-order valence-corrected chi connectivity index (χ2v) is 6.16. The van der Waals surface area contributed by atoms with E-state index >= 15 is 0 Å². The Labute approximate surface area is 100.0 Å². The monoisotopic (exact) mass is 222 g/mol. The fourth-order valence-electron chi connectivity index (χ4n) is 3.78. The van der Waals surface area contributed by atoms with Gasteiger partial charge >= 0.3 is 0 Å². The topological polar surface area (TPSA) is 17.1 Å². The normalized spacial score (nSPS) is 33.9. The van der Waals surface area contributed by atoms with Gasteiger partial charge in [0.2, 0.25) is 0 Å². The third-order valence-electron chi connectivity index (χ3n) is 5.15. The number of carbonyl (C=O) groups is 1. The van der Waals surface area contributed by atoms with E-state index in [9.17, 15) is 4.79 Å². The van der Waals surface area contributed by atoms with Crippen molar-refractivity contribution in [1.82, 2.24) is 0 Å². The average Bonchev–Trinajstić information content (AvgIpc) is 2.79. The number of carbonyl (C=O) groups excluding carboxylic acids is 1. The van der Waals surface area contributed by atoms with Crippen molar-refractivity contribution >= 4 is 5.78 Å². The molecule has 0 aliphatic heterocycles. The van der Waals surface area contributed by atoms with Gasteiger partial charge in [-0.15, -0.1) is 0 Å². The Morgan fingerprint density at radius 2 is 1.69 bits per heavy atom. The Kier molecular flexibility index (Phi) is 3.71. The molecule has 0 unspecified atom stereocenters. The smallest absolute Gasteiger partial charge is 0.142 e. The lowest BCUT2D eigenvalue weighted by Gasteiger charge is -2.33. The summed E-state index contributed by atoms with van der Waals surface area (Å²) < 4.78 is 0. The lowest BCUT2D eigenvalue weighted by molar-refractivity contribution is -0.134. The zero-order valence-corrected chi connectivity index (χ0v) is 10.9. The third kappa shape index (κ3) is 2.19.